The Morgan fingerprint density at radius 1 is 1.19 bits per heavy atom. The molecule has 3 aliphatic carbocycles. The van der Waals surface area contributed by atoms with Crippen LogP contribution in [0.15, 0.2) is 4.52 Å². The Balaban J connectivity index is 1.61. The van der Waals surface area contributed by atoms with Crippen molar-refractivity contribution in [1.29, 1.82) is 0 Å². The number of aromatic nitrogens is 2. The number of nitrogens with two attached hydrogens (primary N) is 1. The van der Waals surface area contributed by atoms with Gasteiger partial charge in [-0.25, -0.2) is 0 Å². The zero-order valence-corrected chi connectivity index (χ0v) is 12.8. The smallest absolute Gasteiger partial charge is 0.231 e. The van der Waals surface area contributed by atoms with Gasteiger partial charge in [0.25, 0.3) is 0 Å². The summed E-state index contributed by atoms with van der Waals surface area (Å²) in [5.74, 6) is 3.06. The first-order valence-electron chi connectivity index (χ1n) is 8.38. The molecule has 4 unspecified atom stereocenters. The highest BCUT2D eigenvalue weighted by Gasteiger charge is 2.49. The third-order valence-corrected chi connectivity index (χ3v) is 6.17. The lowest BCUT2D eigenvalue weighted by molar-refractivity contribution is -0.0527. The van der Waals surface area contributed by atoms with Crippen LogP contribution in [0, 0.1) is 11.8 Å². The van der Waals surface area contributed by atoms with Gasteiger partial charge in [-0.2, -0.15) is 4.98 Å². The van der Waals surface area contributed by atoms with Crippen molar-refractivity contribution in [3.8, 4) is 0 Å². The normalized spacial score (nSPS) is 38.0. The summed E-state index contributed by atoms with van der Waals surface area (Å²) in [5.41, 5.74) is 6.06. The molecule has 2 bridgehead atoms. The fraction of sp³-hybridized carbons (Fsp3) is 0.875. The zero-order valence-electron chi connectivity index (χ0n) is 12.8. The molecule has 3 saturated carbocycles. The molecule has 0 saturated heterocycles. The molecule has 1 aromatic heterocycles. The minimum atomic E-state index is -0.332. The summed E-state index contributed by atoms with van der Waals surface area (Å²) in [7, 11) is 1.77. The second kappa shape index (κ2) is 5.06. The average molecular weight is 291 g/mol. The lowest BCUT2D eigenvalue weighted by atomic mass is 9.83. The molecule has 2 N–H and O–H groups in total. The van der Waals surface area contributed by atoms with Gasteiger partial charge in [0.05, 0.1) is 5.92 Å². The van der Waals surface area contributed by atoms with Gasteiger partial charge in [0.15, 0.2) is 0 Å². The highest BCUT2D eigenvalue weighted by molar-refractivity contribution is 5.13. The van der Waals surface area contributed by atoms with E-state index < -0.39 is 0 Å². The van der Waals surface area contributed by atoms with Crippen LogP contribution in [0.2, 0.25) is 0 Å². The molecule has 5 nitrogen and oxygen atoms in total. The molecule has 4 atom stereocenters. The topological polar surface area (TPSA) is 74.2 Å². The monoisotopic (exact) mass is 291 g/mol. The Hall–Kier alpha value is -0.940. The van der Waals surface area contributed by atoms with E-state index in [-0.39, 0.29) is 17.6 Å². The van der Waals surface area contributed by atoms with E-state index in [1.807, 2.05) is 0 Å². The van der Waals surface area contributed by atoms with Crippen LogP contribution in [-0.2, 0) is 10.3 Å². The minimum Gasteiger partial charge on any atom is -0.370 e. The highest BCUT2D eigenvalue weighted by atomic mass is 16.5. The summed E-state index contributed by atoms with van der Waals surface area (Å²) in [6.45, 7) is 0. The molecule has 4 rings (SSSR count). The molecule has 3 aliphatic rings. The van der Waals surface area contributed by atoms with E-state index in [1.54, 1.807) is 7.11 Å². The minimum absolute atomic E-state index is 0.196. The van der Waals surface area contributed by atoms with Crippen LogP contribution in [-0.4, -0.2) is 23.3 Å². The van der Waals surface area contributed by atoms with Crippen LogP contribution >= 0.6 is 0 Å². The second-order valence-electron chi connectivity index (χ2n) is 7.15. The summed E-state index contributed by atoms with van der Waals surface area (Å²) in [6, 6.07) is 0.196. The maximum absolute atomic E-state index is 6.39. The summed E-state index contributed by atoms with van der Waals surface area (Å²) in [5, 5.41) is 4.28. The Bertz CT molecular complexity index is 507. The van der Waals surface area contributed by atoms with Crippen LogP contribution < -0.4 is 5.73 Å². The molecule has 0 amide bonds. The Morgan fingerprint density at radius 2 is 1.95 bits per heavy atom. The van der Waals surface area contributed by atoms with Crippen molar-refractivity contribution in [2.75, 3.05) is 7.11 Å². The molecular formula is C16H25N3O2. The number of fused-ring (bicyclic) bond motifs is 2. The van der Waals surface area contributed by atoms with Gasteiger partial charge in [-0.3, -0.25) is 0 Å². The number of rotatable bonds is 3. The van der Waals surface area contributed by atoms with Crippen LogP contribution in [0.1, 0.15) is 69.0 Å². The fourth-order valence-electron chi connectivity index (χ4n) is 4.90. The lowest BCUT2D eigenvalue weighted by Crippen LogP contribution is -2.35. The van der Waals surface area contributed by atoms with Crippen LogP contribution in [0.4, 0.5) is 0 Å². The number of methoxy groups -OCH3 is 1. The van der Waals surface area contributed by atoms with Crippen molar-refractivity contribution in [1.82, 2.24) is 10.1 Å². The van der Waals surface area contributed by atoms with E-state index in [1.165, 1.54) is 38.5 Å². The summed E-state index contributed by atoms with van der Waals surface area (Å²) < 4.78 is 11.4. The van der Waals surface area contributed by atoms with Crippen molar-refractivity contribution in [2.45, 2.75) is 68.9 Å². The van der Waals surface area contributed by atoms with Gasteiger partial charge in [-0.05, 0) is 43.9 Å². The zero-order chi connectivity index (χ0) is 14.4. The quantitative estimate of drug-likeness (QED) is 0.926. The molecular weight excluding hydrogens is 266 g/mol. The average Bonchev–Trinajstić information content (AvgIpc) is 3.23. The van der Waals surface area contributed by atoms with E-state index in [4.69, 9.17) is 20.0 Å². The maximum Gasteiger partial charge on any atom is 0.231 e. The molecule has 0 aliphatic heterocycles. The van der Waals surface area contributed by atoms with Crippen molar-refractivity contribution < 1.29 is 9.26 Å². The first-order valence-corrected chi connectivity index (χ1v) is 8.38. The van der Waals surface area contributed by atoms with Gasteiger partial charge < -0.3 is 15.0 Å². The van der Waals surface area contributed by atoms with Gasteiger partial charge in [0.2, 0.25) is 11.7 Å². The molecule has 0 radical (unpaired) electrons. The molecule has 1 heterocycles. The first-order chi connectivity index (χ1) is 10.2. The summed E-state index contributed by atoms with van der Waals surface area (Å²) in [4.78, 5) is 4.75. The molecule has 116 valence electrons. The molecule has 0 spiro atoms. The Kier molecular flexibility index (Phi) is 3.30. The maximum atomic E-state index is 6.39. The van der Waals surface area contributed by atoms with Crippen molar-refractivity contribution in [3.05, 3.63) is 11.7 Å². The van der Waals surface area contributed by atoms with Gasteiger partial charge in [0.1, 0.15) is 5.60 Å². The third-order valence-electron chi connectivity index (χ3n) is 6.17. The predicted octanol–water partition coefficient (Wildman–Crippen LogP) is 2.72. The van der Waals surface area contributed by atoms with E-state index in [2.05, 4.69) is 5.16 Å². The van der Waals surface area contributed by atoms with E-state index >= 15 is 0 Å². The van der Waals surface area contributed by atoms with E-state index in [0.29, 0.717) is 11.8 Å². The highest BCUT2D eigenvalue weighted by Crippen LogP contribution is 2.52. The largest absolute Gasteiger partial charge is 0.370 e. The summed E-state index contributed by atoms with van der Waals surface area (Å²) in [6.07, 6.45) is 9.36. The van der Waals surface area contributed by atoms with Crippen LogP contribution in [0.5, 0.6) is 0 Å². The number of hydrogen-bond acceptors (Lipinski definition) is 5. The second-order valence-corrected chi connectivity index (χ2v) is 7.15. The molecule has 5 heteroatoms. The number of hydrogen-bond donors (Lipinski definition) is 1. The van der Waals surface area contributed by atoms with Gasteiger partial charge in [-0.1, -0.05) is 24.4 Å². The number of ether oxygens (including phenoxy) is 1. The van der Waals surface area contributed by atoms with E-state index in [9.17, 15) is 0 Å². The number of nitrogens with zero attached hydrogens (tertiary/aromatic N) is 2. The van der Waals surface area contributed by atoms with Crippen LogP contribution in [0.25, 0.3) is 0 Å². The molecule has 3 fully saturated rings. The van der Waals surface area contributed by atoms with Crippen molar-refractivity contribution >= 4 is 0 Å². The van der Waals surface area contributed by atoms with E-state index in [0.717, 1.165) is 24.6 Å². The van der Waals surface area contributed by atoms with Crippen molar-refractivity contribution in [3.63, 3.8) is 0 Å². The Morgan fingerprint density at radius 3 is 2.62 bits per heavy atom. The first kappa shape index (κ1) is 13.7. The molecule has 0 aromatic carbocycles. The Labute approximate surface area is 125 Å². The molecule has 21 heavy (non-hydrogen) atoms. The SMILES string of the molecule is COC1(c2noc(C3C4CCC(C4)C3N)n2)CCCCC1. The molecule has 1 aromatic rings. The van der Waals surface area contributed by atoms with Crippen molar-refractivity contribution in [2.24, 2.45) is 17.6 Å². The van der Waals surface area contributed by atoms with Gasteiger partial charge >= 0.3 is 0 Å². The lowest BCUT2D eigenvalue weighted by Gasteiger charge is -2.32. The van der Waals surface area contributed by atoms with Gasteiger partial charge in [-0.15, -0.1) is 0 Å². The third kappa shape index (κ3) is 2.05. The van der Waals surface area contributed by atoms with Gasteiger partial charge in [0, 0.05) is 13.2 Å². The standard InChI is InChI=1S/C16H25N3O2/c1-20-16(7-3-2-4-8-16)15-18-14(21-19-15)12-10-5-6-11(9-10)13(12)17/h10-13H,2-9,17H2,1H3. The summed E-state index contributed by atoms with van der Waals surface area (Å²) >= 11 is 0. The predicted molar refractivity (Wildman–Crippen MR) is 77.6 cm³/mol. The fourth-order valence-corrected chi connectivity index (χ4v) is 4.90. The van der Waals surface area contributed by atoms with Crippen LogP contribution in [0.3, 0.4) is 0 Å².